The molecule has 0 bridgehead atoms. The summed E-state index contributed by atoms with van der Waals surface area (Å²) in [5, 5.41) is 2.28. The van der Waals surface area contributed by atoms with Gasteiger partial charge in [0.1, 0.15) is 11.2 Å². The second kappa shape index (κ2) is 13.7. The minimum Gasteiger partial charge on any atom is -0.456 e. The normalized spacial score (nSPS) is 14.2. The van der Waals surface area contributed by atoms with Gasteiger partial charge < -0.3 is 9.32 Å². The molecule has 1 aromatic heterocycles. The number of fused-ring (bicyclic) bond motifs is 16. The van der Waals surface area contributed by atoms with Crippen LogP contribution in [0.3, 0.4) is 0 Å². The lowest BCUT2D eigenvalue weighted by Gasteiger charge is -2.30. The van der Waals surface area contributed by atoms with Gasteiger partial charge in [0.05, 0.1) is 5.41 Å². The fourth-order valence-electron chi connectivity index (χ4n) is 12.2. The molecular weight excluding hydrogens is 799 g/mol. The molecule has 66 heavy (non-hydrogen) atoms. The maximum atomic E-state index is 6.91. The average Bonchev–Trinajstić information content (AvgIpc) is 4.06. The van der Waals surface area contributed by atoms with Crippen molar-refractivity contribution >= 4 is 39.0 Å². The number of anilines is 3. The highest BCUT2D eigenvalue weighted by Crippen LogP contribution is 2.65. The SMILES string of the molecule is CC1(C)c2ccccc2-c2ccc(N(c3ccc(-c4ccccc4)cc3)c3ccc(-c4c5c(cc6oc7ccccc7c46)C4(c6ccccc6-c6ccccc64)c4ccccc4-5)cc3)cc21. The van der Waals surface area contributed by atoms with Crippen molar-refractivity contribution < 1.29 is 4.42 Å². The van der Waals surface area contributed by atoms with Gasteiger partial charge in [0.25, 0.3) is 0 Å². The highest BCUT2D eigenvalue weighted by molar-refractivity contribution is 6.18. The van der Waals surface area contributed by atoms with Crippen molar-refractivity contribution in [2.24, 2.45) is 0 Å². The first-order valence-corrected chi connectivity index (χ1v) is 23.1. The molecule has 0 unspecified atom stereocenters. The van der Waals surface area contributed by atoms with Crippen LogP contribution < -0.4 is 4.90 Å². The van der Waals surface area contributed by atoms with Gasteiger partial charge in [0.2, 0.25) is 0 Å². The summed E-state index contributed by atoms with van der Waals surface area (Å²) in [7, 11) is 0. The number of rotatable bonds is 5. The first-order valence-electron chi connectivity index (χ1n) is 23.1. The van der Waals surface area contributed by atoms with Gasteiger partial charge >= 0.3 is 0 Å². The largest absolute Gasteiger partial charge is 0.456 e. The van der Waals surface area contributed by atoms with E-state index in [0.29, 0.717) is 0 Å². The maximum absolute atomic E-state index is 6.91. The predicted octanol–water partition coefficient (Wildman–Crippen LogP) is 17.0. The van der Waals surface area contributed by atoms with E-state index in [2.05, 4.69) is 243 Å². The van der Waals surface area contributed by atoms with Crippen LogP contribution in [0, 0.1) is 0 Å². The van der Waals surface area contributed by atoms with Crippen molar-refractivity contribution in [3.8, 4) is 55.6 Å². The molecule has 0 N–H and O–H groups in total. The second-order valence-electron chi connectivity index (χ2n) is 18.7. The summed E-state index contributed by atoms with van der Waals surface area (Å²) >= 11 is 0. The topological polar surface area (TPSA) is 16.4 Å². The van der Waals surface area contributed by atoms with E-state index in [0.717, 1.165) is 44.6 Å². The third kappa shape index (κ3) is 4.96. The summed E-state index contributed by atoms with van der Waals surface area (Å²) in [5.41, 5.74) is 25.0. The molecule has 3 aliphatic carbocycles. The zero-order valence-corrected chi connectivity index (χ0v) is 36.7. The molecule has 0 saturated heterocycles. The summed E-state index contributed by atoms with van der Waals surface area (Å²) in [5.74, 6) is 0. The van der Waals surface area contributed by atoms with Gasteiger partial charge in [-0.25, -0.2) is 0 Å². The van der Waals surface area contributed by atoms with E-state index in [-0.39, 0.29) is 5.41 Å². The Hall–Kier alpha value is -8.20. The zero-order chi connectivity index (χ0) is 43.7. The smallest absolute Gasteiger partial charge is 0.136 e. The van der Waals surface area contributed by atoms with Crippen molar-refractivity contribution in [1.82, 2.24) is 0 Å². The Morgan fingerprint density at radius 2 is 0.818 bits per heavy atom. The standard InChI is InChI=1S/C64H43NO/c1-63(2)52-23-11-6-18-46(52)49-37-36-45(38-56(49)63)65(43-32-28-41(29-33-43)40-16-4-3-5-17-40)44-34-30-42(31-35-44)60-61-50-21-9-14-26-55(50)64(53-24-12-7-19-47(53)48-20-8-13-25-54(48)64)57(61)39-59-62(60)51-22-10-15-27-58(51)66-59/h3-39H,1-2H3. The van der Waals surface area contributed by atoms with Crippen LogP contribution in [-0.4, -0.2) is 0 Å². The summed E-state index contributed by atoms with van der Waals surface area (Å²) in [6.07, 6.45) is 0. The van der Waals surface area contributed by atoms with Crippen LogP contribution in [0.2, 0.25) is 0 Å². The van der Waals surface area contributed by atoms with Gasteiger partial charge in [-0.2, -0.15) is 0 Å². The Morgan fingerprint density at radius 1 is 0.333 bits per heavy atom. The molecule has 3 aliphatic rings. The van der Waals surface area contributed by atoms with Gasteiger partial charge in [-0.15, -0.1) is 0 Å². The fourth-order valence-corrected chi connectivity index (χ4v) is 12.2. The molecule has 310 valence electrons. The Labute approximate surface area is 384 Å². The summed E-state index contributed by atoms with van der Waals surface area (Å²) in [6.45, 7) is 4.72. The molecule has 2 heteroatoms. The second-order valence-corrected chi connectivity index (χ2v) is 18.7. The molecule has 1 heterocycles. The lowest BCUT2D eigenvalue weighted by molar-refractivity contribution is 0.660. The van der Waals surface area contributed by atoms with E-state index in [1.807, 2.05) is 0 Å². The van der Waals surface area contributed by atoms with Crippen molar-refractivity contribution in [3.63, 3.8) is 0 Å². The zero-order valence-electron chi connectivity index (χ0n) is 36.7. The first-order chi connectivity index (χ1) is 32.5. The molecule has 0 radical (unpaired) electrons. The van der Waals surface area contributed by atoms with Gasteiger partial charge in [0.15, 0.2) is 0 Å². The maximum Gasteiger partial charge on any atom is 0.136 e. The third-order valence-corrected chi connectivity index (χ3v) is 15.1. The minimum absolute atomic E-state index is 0.130. The molecule has 10 aromatic carbocycles. The Morgan fingerprint density at radius 3 is 1.48 bits per heavy atom. The van der Waals surface area contributed by atoms with Gasteiger partial charge in [-0.3, -0.25) is 0 Å². The highest BCUT2D eigenvalue weighted by Gasteiger charge is 2.52. The number of furan rings is 1. The fraction of sp³-hybridized carbons (Fsp3) is 0.0625. The number of hydrogen-bond acceptors (Lipinski definition) is 2. The number of benzene rings is 10. The van der Waals surface area contributed by atoms with Crippen LogP contribution in [0.5, 0.6) is 0 Å². The lowest BCUT2D eigenvalue weighted by Crippen LogP contribution is -2.25. The molecule has 0 fully saturated rings. The van der Waals surface area contributed by atoms with E-state index >= 15 is 0 Å². The predicted molar refractivity (Wildman–Crippen MR) is 273 cm³/mol. The molecule has 11 aromatic rings. The monoisotopic (exact) mass is 841 g/mol. The van der Waals surface area contributed by atoms with Crippen LogP contribution in [-0.2, 0) is 10.8 Å². The summed E-state index contributed by atoms with van der Waals surface area (Å²) in [4.78, 5) is 2.42. The minimum atomic E-state index is -0.495. The van der Waals surface area contributed by atoms with Crippen molar-refractivity contribution in [3.05, 3.63) is 258 Å². The van der Waals surface area contributed by atoms with E-state index in [1.54, 1.807) is 0 Å². The van der Waals surface area contributed by atoms with E-state index < -0.39 is 5.41 Å². The number of hydrogen-bond donors (Lipinski definition) is 0. The van der Waals surface area contributed by atoms with Crippen molar-refractivity contribution in [2.45, 2.75) is 24.7 Å². The molecule has 14 rings (SSSR count). The van der Waals surface area contributed by atoms with Crippen LogP contribution >= 0.6 is 0 Å². The summed E-state index contributed by atoms with van der Waals surface area (Å²) < 4.78 is 6.91. The van der Waals surface area contributed by atoms with Crippen LogP contribution in [0.1, 0.15) is 47.2 Å². The Balaban J connectivity index is 0.993. The van der Waals surface area contributed by atoms with Gasteiger partial charge in [0, 0.05) is 38.8 Å². The number of nitrogens with zero attached hydrogens (tertiary/aromatic N) is 1. The molecule has 2 nitrogen and oxygen atoms in total. The average molecular weight is 842 g/mol. The van der Waals surface area contributed by atoms with E-state index in [4.69, 9.17) is 4.42 Å². The lowest BCUT2D eigenvalue weighted by atomic mass is 9.70. The van der Waals surface area contributed by atoms with Crippen LogP contribution in [0.15, 0.2) is 229 Å². The van der Waals surface area contributed by atoms with E-state index in [9.17, 15) is 0 Å². The molecule has 0 atom stereocenters. The Bertz CT molecular complexity index is 3730. The van der Waals surface area contributed by atoms with Crippen LogP contribution in [0.4, 0.5) is 17.1 Å². The van der Waals surface area contributed by atoms with E-state index in [1.165, 1.54) is 83.5 Å². The van der Waals surface area contributed by atoms with Crippen molar-refractivity contribution in [2.75, 3.05) is 4.90 Å². The van der Waals surface area contributed by atoms with Crippen molar-refractivity contribution in [1.29, 1.82) is 0 Å². The quantitative estimate of drug-likeness (QED) is 0.172. The molecule has 0 amide bonds. The highest BCUT2D eigenvalue weighted by atomic mass is 16.3. The van der Waals surface area contributed by atoms with Gasteiger partial charge in [-0.05, 0) is 132 Å². The molecular formula is C64H43NO. The Kier molecular flexibility index (Phi) is 7.70. The summed E-state index contributed by atoms with van der Waals surface area (Å²) in [6, 6.07) is 83.0. The van der Waals surface area contributed by atoms with Crippen LogP contribution in [0.25, 0.3) is 77.6 Å². The number of para-hydroxylation sites is 1. The molecule has 0 aliphatic heterocycles. The first kappa shape index (κ1) is 37.2. The molecule has 1 spiro atoms. The van der Waals surface area contributed by atoms with Gasteiger partial charge in [-0.1, -0.05) is 190 Å². The third-order valence-electron chi connectivity index (χ3n) is 15.1. The molecule has 0 saturated carbocycles.